The lowest BCUT2D eigenvalue weighted by Crippen LogP contribution is -2.38. The summed E-state index contributed by atoms with van der Waals surface area (Å²) < 4.78 is 13.7. The van der Waals surface area contributed by atoms with Crippen molar-refractivity contribution in [2.24, 2.45) is 0 Å². The third kappa shape index (κ3) is 3.10. The first kappa shape index (κ1) is 16.4. The molecule has 2 heterocycles. The minimum Gasteiger partial charge on any atom is -0.332 e. The molecule has 1 N–H and O–H groups in total. The van der Waals surface area contributed by atoms with Gasteiger partial charge in [-0.2, -0.15) is 5.10 Å². The molecule has 132 valence electrons. The van der Waals surface area contributed by atoms with Gasteiger partial charge in [-0.1, -0.05) is 30.3 Å². The van der Waals surface area contributed by atoms with E-state index in [1.807, 2.05) is 29.2 Å². The highest BCUT2D eigenvalue weighted by atomic mass is 19.1. The quantitative estimate of drug-likeness (QED) is 0.777. The third-order valence-corrected chi connectivity index (χ3v) is 4.82. The highest BCUT2D eigenvalue weighted by Gasteiger charge is 2.30. The number of nitrogens with zero attached hydrogens (tertiary/aromatic N) is 3. The van der Waals surface area contributed by atoms with Gasteiger partial charge < -0.3 is 4.90 Å². The fourth-order valence-corrected chi connectivity index (χ4v) is 3.60. The molecular weight excluding hydrogens is 331 g/mol. The van der Waals surface area contributed by atoms with E-state index in [1.165, 1.54) is 18.5 Å². The van der Waals surface area contributed by atoms with Gasteiger partial charge in [-0.25, -0.2) is 9.37 Å². The van der Waals surface area contributed by atoms with Gasteiger partial charge in [0.05, 0.1) is 11.6 Å². The normalized spacial score (nSPS) is 17.3. The summed E-state index contributed by atoms with van der Waals surface area (Å²) in [5.74, 6) is 0.224. The van der Waals surface area contributed by atoms with Crippen LogP contribution in [0, 0.1) is 5.82 Å². The highest BCUT2D eigenvalue weighted by molar-refractivity contribution is 6.00. The zero-order valence-corrected chi connectivity index (χ0v) is 14.2. The fraction of sp³-hybridized carbons (Fsp3) is 0.250. The molecule has 4 rings (SSSR count). The third-order valence-electron chi connectivity index (χ3n) is 4.82. The van der Waals surface area contributed by atoms with Crippen LogP contribution in [0.25, 0.3) is 11.4 Å². The molecule has 3 aromatic rings. The number of hydrogen-bond acceptors (Lipinski definition) is 3. The van der Waals surface area contributed by atoms with Crippen molar-refractivity contribution in [2.45, 2.75) is 25.3 Å². The maximum atomic E-state index is 13.7. The number of nitrogens with one attached hydrogen (secondary N) is 1. The Balaban J connectivity index is 1.71. The van der Waals surface area contributed by atoms with Crippen molar-refractivity contribution < 1.29 is 9.18 Å². The Kier molecular flexibility index (Phi) is 4.48. The molecule has 1 saturated heterocycles. The van der Waals surface area contributed by atoms with E-state index in [0.29, 0.717) is 17.9 Å². The second-order valence-electron chi connectivity index (χ2n) is 6.44. The molecule has 0 unspecified atom stereocenters. The zero-order chi connectivity index (χ0) is 17.9. The minimum absolute atomic E-state index is 0.0639. The summed E-state index contributed by atoms with van der Waals surface area (Å²) in [6, 6.07) is 13.8. The highest BCUT2D eigenvalue weighted by Crippen LogP contribution is 2.33. The maximum Gasteiger partial charge on any atom is 0.255 e. The molecule has 5 nitrogen and oxygen atoms in total. The summed E-state index contributed by atoms with van der Waals surface area (Å²) in [5.41, 5.74) is 2.14. The number of aromatic amines is 1. The number of piperidine rings is 1. The summed E-state index contributed by atoms with van der Waals surface area (Å²) >= 11 is 0. The van der Waals surface area contributed by atoms with Crippen LogP contribution < -0.4 is 0 Å². The predicted octanol–water partition coefficient (Wildman–Crippen LogP) is 3.98. The number of carbonyl (C=O) groups is 1. The molecule has 0 spiro atoms. The zero-order valence-electron chi connectivity index (χ0n) is 14.2. The molecule has 2 aromatic carbocycles. The van der Waals surface area contributed by atoms with Crippen molar-refractivity contribution >= 4 is 5.91 Å². The van der Waals surface area contributed by atoms with E-state index in [1.54, 1.807) is 12.1 Å². The van der Waals surface area contributed by atoms with Gasteiger partial charge in [-0.15, -0.1) is 0 Å². The average molecular weight is 350 g/mol. The molecule has 1 aliphatic rings. The van der Waals surface area contributed by atoms with E-state index in [4.69, 9.17) is 0 Å². The number of amides is 1. The van der Waals surface area contributed by atoms with E-state index in [-0.39, 0.29) is 17.8 Å². The van der Waals surface area contributed by atoms with Crippen LogP contribution in [0.4, 0.5) is 4.39 Å². The van der Waals surface area contributed by atoms with E-state index in [0.717, 1.165) is 30.4 Å². The first-order valence-electron chi connectivity index (χ1n) is 8.75. The summed E-state index contributed by atoms with van der Waals surface area (Å²) in [7, 11) is 0. The van der Waals surface area contributed by atoms with E-state index in [2.05, 4.69) is 15.2 Å². The van der Waals surface area contributed by atoms with Gasteiger partial charge in [0, 0.05) is 12.1 Å². The van der Waals surface area contributed by atoms with Crippen LogP contribution in [0.5, 0.6) is 0 Å². The smallest absolute Gasteiger partial charge is 0.255 e. The van der Waals surface area contributed by atoms with Crippen LogP contribution in [0.2, 0.25) is 0 Å². The predicted molar refractivity (Wildman–Crippen MR) is 95.8 cm³/mol. The van der Waals surface area contributed by atoms with Crippen molar-refractivity contribution in [3.05, 3.63) is 71.8 Å². The summed E-state index contributed by atoms with van der Waals surface area (Å²) in [5, 5.41) is 6.70. The summed E-state index contributed by atoms with van der Waals surface area (Å²) in [6.45, 7) is 0.657. The van der Waals surface area contributed by atoms with Gasteiger partial charge in [0.1, 0.15) is 12.1 Å². The number of carbonyl (C=O) groups excluding carboxylic acids is 1. The Bertz CT molecular complexity index is 910. The van der Waals surface area contributed by atoms with Crippen LogP contribution in [-0.4, -0.2) is 32.5 Å². The van der Waals surface area contributed by atoms with Crippen molar-refractivity contribution in [2.75, 3.05) is 6.54 Å². The number of aromatic nitrogens is 3. The molecular formula is C20H19FN4O. The second-order valence-corrected chi connectivity index (χ2v) is 6.44. The van der Waals surface area contributed by atoms with Crippen molar-refractivity contribution in [3.63, 3.8) is 0 Å². The Hall–Kier alpha value is -3.02. The van der Waals surface area contributed by atoms with E-state index < -0.39 is 0 Å². The fourth-order valence-electron chi connectivity index (χ4n) is 3.60. The molecule has 1 amide bonds. The summed E-state index contributed by atoms with van der Waals surface area (Å²) in [6.07, 6.45) is 4.23. The Morgan fingerprint density at radius 3 is 2.85 bits per heavy atom. The Morgan fingerprint density at radius 1 is 1.15 bits per heavy atom. The van der Waals surface area contributed by atoms with Crippen molar-refractivity contribution in [1.29, 1.82) is 0 Å². The number of H-pyrrole nitrogens is 1. The van der Waals surface area contributed by atoms with Gasteiger partial charge in [-0.05, 0) is 43.0 Å². The van der Waals surface area contributed by atoms with Gasteiger partial charge in [0.15, 0.2) is 5.82 Å². The Morgan fingerprint density at radius 2 is 2.04 bits per heavy atom. The molecule has 6 heteroatoms. The van der Waals surface area contributed by atoms with E-state index >= 15 is 0 Å². The molecule has 1 aromatic heterocycles. The van der Waals surface area contributed by atoms with Gasteiger partial charge in [0.25, 0.3) is 5.91 Å². The minimum atomic E-state index is -0.275. The largest absolute Gasteiger partial charge is 0.332 e. The average Bonchev–Trinajstić information content (AvgIpc) is 3.22. The van der Waals surface area contributed by atoms with Crippen molar-refractivity contribution in [1.82, 2.24) is 20.1 Å². The molecule has 1 atom stereocenters. The molecule has 1 aliphatic heterocycles. The summed E-state index contributed by atoms with van der Waals surface area (Å²) in [4.78, 5) is 19.4. The standard InChI is InChI=1S/C20H19FN4O/c21-15-7-5-6-14(12-15)18-10-3-4-11-25(18)20(26)17-9-2-1-8-16(17)19-22-13-23-24-19/h1-2,5-9,12-13,18H,3-4,10-11H2,(H,22,23,24)/t18-/m1/s1. The number of likely N-dealkylation sites (tertiary alicyclic amines) is 1. The van der Waals surface area contributed by atoms with E-state index in [9.17, 15) is 9.18 Å². The molecule has 0 bridgehead atoms. The number of benzene rings is 2. The van der Waals surface area contributed by atoms with Crippen LogP contribution >= 0.6 is 0 Å². The lowest BCUT2D eigenvalue weighted by molar-refractivity contribution is 0.0612. The monoisotopic (exact) mass is 350 g/mol. The van der Waals surface area contributed by atoms with Gasteiger partial charge >= 0.3 is 0 Å². The number of halogens is 1. The second kappa shape index (κ2) is 7.07. The number of rotatable bonds is 3. The van der Waals surface area contributed by atoms with Gasteiger partial charge in [0.2, 0.25) is 0 Å². The Labute approximate surface area is 150 Å². The topological polar surface area (TPSA) is 61.9 Å². The molecule has 0 saturated carbocycles. The van der Waals surface area contributed by atoms with Gasteiger partial charge in [-0.3, -0.25) is 9.89 Å². The van der Waals surface area contributed by atoms with Crippen LogP contribution in [0.3, 0.4) is 0 Å². The SMILES string of the molecule is O=C(c1ccccc1-c1ncn[nH]1)N1CCCC[C@@H]1c1cccc(F)c1. The first-order chi connectivity index (χ1) is 12.7. The molecule has 1 fully saturated rings. The molecule has 0 aliphatic carbocycles. The van der Waals surface area contributed by atoms with Crippen LogP contribution in [0.15, 0.2) is 54.9 Å². The number of hydrogen-bond donors (Lipinski definition) is 1. The first-order valence-corrected chi connectivity index (χ1v) is 8.75. The van der Waals surface area contributed by atoms with Crippen LogP contribution in [0.1, 0.15) is 41.2 Å². The lowest BCUT2D eigenvalue weighted by Gasteiger charge is -2.36. The van der Waals surface area contributed by atoms with Crippen LogP contribution in [-0.2, 0) is 0 Å². The maximum absolute atomic E-state index is 13.7. The lowest BCUT2D eigenvalue weighted by atomic mass is 9.93. The molecule has 26 heavy (non-hydrogen) atoms. The van der Waals surface area contributed by atoms with Crippen molar-refractivity contribution in [3.8, 4) is 11.4 Å². The molecule has 0 radical (unpaired) electrons.